The Kier molecular flexibility index (Phi) is 10.9. The van der Waals surface area contributed by atoms with Crippen LogP contribution in [0.3, 0.4) is 0 Å². The van der Waals surface area contributed by atoms with Crippen molar-refractivity contribution in [3.63, 3.8) is 0 Å². The fourth-order valence-corrected chi connectivity index (χ4v) is 9.89. The molecule has 300 valence electrons. The summed E-state index contributed by atoms with van der Waals surface area (Å²) in [6.45, 7) is 5.65. The first kappa shape index (κ1) is 41.4. The van der Waals surface area contributed by atoms with Gasteiger partial charge in [0.25, 0.3) is 0 Å². The number of Topliss-reactive ketones (excluding diaryl/α,β-unsaturated/α-hetero) is 4. The predicted molar refractivity (Wildman–Crippen MR) is 220 cm³/mol. The van der Waals surface area contributed by atoms with Crippen LogP contribution in [-0.2, 0) is 0 Å². The van der Waals surface area contributed by atoms with E-state index in [9.17, 15) is 19.2 Å². The highest BCUT2D eigenvalue weighted by molar-refractivity contribution is 7.16. The normalized spacial score (nSPS) is 15.4. The van der Waals surface area contributed by atoms with Crippen molar-refractivity contribution in [2.45, 2.75) is 58.3 Å². The van der Waals surface area contributed by atoms with E-state index < -0.39 is 51.6 Å². The summed E-state index contributed by atoms with van der Waals surface area (Å²) in [4.78, 5) is 52.0. The molecular formula is C47H34F6O4S2. The number of thiophene rings is 2. The summed E-state index contributed by atoms with van der Waals surface area (Å²) in [6.07, 6.45) is -0.769. The molecule has 0 saturated heterocycles. The van der Waals surface area contributed by atoms with Gasteiger partial charge >= 0.3 is 17.8 Å². The molecule has 2 aromatic heterocycles. The number of allylic oxidation sites excluding steroid dienone is 2. The van der Waals surface area contributed by atoms with Crippen LogP contribution in [0.2, 0.25) is 0 Å². The van der Waals surface area contributed by atoms with Crippen molar-refractivity contribution in [2.24, 2.45) is 0 Å². The van der Waals surface area contributed by atoms with Crippen LogP contribution in [0.4, 0.5) is 26.3 Å². The molecule has 0 saturated carbocycles. The Hall–Kier alpha value is -5.72. The van der Waals surface area contributed by atoms with E-state index in [0.29, 0.717) is 32.0 Å². The van der Waals surface area contributed by atoms with Crippen LogP contribution < -0.4 is 0 Å². The van der Waals surface area contributed by atoms with Gasteiger partial charge in [-0.3, -0.25) is 19.2 Å². The zero-order valence-electron chi connectivity index (χ0n) is 32.0. The highest BCUT2D eigenvalue weighted by Crippen LogP contribution is 2.67. The third-order valence-electron chi connectivity index (χ3n) is 10.6. The van der Waals surface area contributed by atoms with Crippen LogP contribution in [0.1, 0.15) is 86.3 Å². The molecule has 0 N–H and O–H groups in total. The number of halogens is 6. The fourth-order valence-electron chi connectivity index (χ4n) is 7.55. The van der Waals surface area contributed by atoms with Crippen molar-refractivity contribution in [2.75, 3.05) is 0 Å². The molecule has 0 spiro atoms. The zero-order chi connectivity index (χ0) is 42.6. The lowest BCUT2D eigenvalue weighted by Gasteiger charge is -2.26. The molecule has 7 rings (SSSR count). The van der Waals surface area contributed by atoms with Gasteiger partial charge in [-0.25, -0.2) is 0 Å². The first-order valence-electron chi connectivity index (χ1n) is 18.4. The topological polar surface area (TPSA) is 68.3 Å². The van der Waals surface area contributed by atoms with Gasteiger partial charge < -0.3 is 0 Å². The summed E-state index contributed by atoms with van der Waals surface area (Å²) in [5.41, 5.74) is -1.47. The third kappa shape index (κ3) is 7.12. The van der Waals surface area contributed by atoms with Gasteiger partial charge in [0.05, 0.1) is 12.8 Å². The van der Waals surface area contributed by atoms with Gasteiger partial charge in [0, 0.05) is 64.0 Å². The fraction of sp³-hybridized carbons (Fsp3) is 0.191. The van der Waals surface area contributed by atoms with Crippen LogP contribution in [-0.4, -0.2) is 40.9 Å². The summed E-state index contributed by atoms with van der Waals surface area (Å²) in [6, 6.07) is 28.6. The highest BCUT2D eigenvalue weighted by Gasteiger charge is 2.80. The lowest BCUT2D eigenvalue weighted by atomic mass is 9.89. The second-order valence-corrected chi connectivity index (χ2v) is 16.8. The SMILES string of the molecule is Cc1sc(-c2ccc(C(=O)CC(=O)c3ccccc3)cc2)c(C)c1C1=C(c2c(C)sc(-c3ccc(C(=O)CC(=O)c4ccccc4)cc3)c2C)C(F)(F)C(F)(F)C1(F)F. The van der Waals surface area contributed by atoms with Gasteiger partial charge in [-0.05, 0) is 49.9 Å². The molecule has 6 aromatic rings. The number of ketones is 4. The number of carbonyl (C=O) groups is 4. The van der Waals surface area contributed by atoms with Gasteiger partial charge in [0.1, 0.15) is 0 Å². The first-order chi connectivity index (χ1) is 27.9. The molecule has 0 atom stereocenters. The average Bonchev–Trinajstić information content (AvgIpc) is 3.71. The Balaban J connectivity index is 1.24. The number of aryl methyl sites for hydroxylation is 2. The quantitative estimate of drug-likeness (QED) is 0.0699. The predicted octanol–water partition coefficient (Wildman–Crippen LogP) is 13.1. The van der Waals surface area contributed by atoms with Gasteiger partial charge in [-0.2, -0.15) is 26.3 Å². The minimum absolute atomic E-state index is 0.0864. The van der Waals surface area contributed by atoms with E-state index in [1.54, 1.807) is 60.7 Å². The van der Waals surface area contributed by atoms with Gasteiger partial charge in [0.15, 0.2) is 23.1 Å². The molecule has 4 nitrogen and oxygen atoms in total. The van der Waals surface area contributed by atoms with Crippen LogP contribution in [0.15, 0.2) is 109 Å². The maximum absolute atomic E-state index is 16.2. The van der Waals surface area contributed by atoms with Crippen LogP contribution in [0.25, 0.3) is 32.0 Å². The van der Waals surface area contributed by atoms with Crippen molar-refractivity contribution in [3.8, 4) is 20.9 Å². The Labute approximate surface area is 343 Å². The van der Waals surface area contributed by atoms with Crippen molar-refractivity contribution < 1.29 is 45.5 Å². The minimum Gasteiger partial charge on any atom is -0.294 e. The molecule has 59 heavy (non-hydrogen) atoms. The average molecular weight is 841 g/mol. The van der Waals surface area contributed by atoms with E-state index >= 15 is 26.3 Å². The summed E-state index contributed by atoms with van der Waals surface area (Å²) in [7, 11) is 0. The third-order valence-corrected chi connectivity index (χ3v) is 13.1. The minimum atomic E-state index is -5.77. The standard InChI is InChI=1S/C47H34F6O4S2/c1-25-39(27(3)58-43(25)33-19-15-31(16-20-33)37(56)23-35(54)29-11-7-5-8-12-29)41-42(46(50,51)47(52,53)45(41,48)49)40-26(2)44(59-28(40)4)34-21-17-32(18-22-34)38(57)24-36(55)30-13-9-6-10-14-30/h5-22H,23-24H2,1-4H3. The molecule has 2 heterocycles. The van der Waals surface area contributed by atoms with Crippen molar-refractivity contribution in [3.05, 3.63) is 163 Å². The van der Waals surface area contributed by atoms with E-state index in [2.05, 4.69) is 0 Å². The number of rotatable bonds is 12. The molecular weight excluding hydrogens is 807 g/mol. The molecule has 0 aliphatic heterocycles. The Morgan fingerprint density at radius 1 is 0.441 bits per heavy atom. The van der Waals surface area contributed by atoms with Crippen molar-refractivity contribution in [1.82, 2.24) is 0 Å². The smallest absolute Gasteiger partial charge is 0.294 e. The monoisotopic (exact) mass is 840 g/mol. The Bertz CT molecular complexity index is 2490. The molecule has 4 aromatic carbocycles. The molecule has 0 radical (unpaired) electrons. The molecule has 0 unspecified atom stereocenters. The maximum Gasteiger partial charge on any atom is 0.380 e. The number of benzene rings is 4. The van der Waals surface area contributed by atoms with E-state index in [4.69, 9.17) is 0 Å². The maximum atomic E-state index is 16.2. The first-order valence-corrected chi connectivity index (χ1v) is 20.0. The second kappa shape index (κ2) is 15.5. The zero-order valence-corrected chi connectivity index (χ0v) is 33.7. The summed E-state index contributed by atoms with van der Waals surface area (Å²) >= 11 is 1.95. The molecule has 0 bridgehead atoms. The second-order valence-electron chi connectivity index (χ2n) is 14.4. The summed E-state index contributed by atoms with van der Waals surface area (Å²) in [5, 5.41) is 0. The van der Waals surface area contributed by atoms with Gasteiger partial charge in [-0.1, -0.05) is 109 Å². The lowest BCUT2D eigenvalue weighted by molar-refractivity contribution is -0.254. The highest BCUT2D eigenvalue weighted by atomic mass is 32.1. The van der Waals surface area contributed by atoms with Crippen molar-refractivity contribution >= 4 is 57.0 Å². The van der Waals surface area contributed by atoms with E-state index in [-0.39, 0.29) is 56.4 Å². The molecule has 0 amide bonds. The Morgan fingerprint density at radius 3 is 1.03 bits per heavy atom. The largest absolute Gasteiger partial charge is 0.380 e. The summed E-state index contributed by atoms with van der Waals surface area (Å²) < 4.78 is 95.7. The summed E-state index contributed by atoms with van der Waals surface area (Å²) in [5.74, 6) is -18.0. The van der Waals surface area contributed by atoms with Crippen LogP contribution in [0.5, 0.6) is 0 Å². The van der Waals surface area contributed by atoms with Crippen LogP contribution >= 0.6 is 22.7 Å². The molecule has 1 aliphatic carbocycles. The lowest BCUT2D eigenvalue weighted by Crippen LogP contribution is -2.49. The van der Waals surface area contributed by atoms with Gasteiger partial charge in [-0.15, -0.1) is 22.7 Å². The number of hydrogen-bond acceptors (Lipinski definition) is 6. The van der Waals surface area contributed by atoms with E-state index in [0.717, 1.165) is 22.7 Å². The number of carbonyl (C=O) groups excluding carboxylic acids is 4. The molecule has 0 fully saturated rings. The van der Waals surface area contributed by atoms with E-state index in [1.165, 1.54) is 76.2 Å². The Morgan fingerprint density at radius 2 is 0.729 bits per heavy atom. The molecule has 12 heteroatoms. The van der Waals surface area contributed by atoms with Crippen molar-refractivity contribution in [1.29, 1.82) is 0 Å². The van der Waals surface area contributed by atoms with Crippen LogP contribution in [0, 0.1) is 27.7 Å². The van der Waals surface area contributed by atoms with Gasteiger partial charge in [0.2, 0.25) is 0 Å². The number of alkyl halides is 6. The molecule has 1 aliphatic rings. The number of hydrogen-bond donors (Lipinski definition) is 0. The van der Waals surface area contributed by atoms with E-state index in [1.807, 2.05) is 0 Å².